The van der Waals surface area contributed by atoms with Gasteiger partial charge in [-0.05, 0) is 32.0 Å². The molecule has 0 spiro atoms. The number of pyridine rings is 2. The third-order valence-electron chi connectivity index (χ3n) is 5.36. The van der Waals surface area contributed by atoms with E-state index in [1.165, 1.54) is 36.3 Å². The van der Waals surface area contributed by atoms with Crippen molar-refractivity contribution in [3.63, 3.8) is 0 Å². The highest BCUT2D eigenvalue weighted by Gasteiger charge is 2.50. The quantitative estimate of drug-likeness (QED) is 0.633. The SMILES string of the molecule is C[C@@H]1[C@@](C)(CO)SC(N)=N[C@]1(C)c1cc(NC(=O)c2ccc(Cl)cn2)cnc1F. The van der Waals surface area contributed by atoms with E-state index in [-0.39, 0.29) is 34.6 Å². The van der Waals surface area contributed by atoms with Crippen molar-refractivity contribution < 1.29 is 14.3 Å². The van der Waals surface area contributed by atoms with Crippen molar-refractivity contribution in [2.45, 2.75) is 31.1 Å². The summed E-state index contributed by atoms with van der Waals surface area (Å²) >= 11 is 7.05. The van der Waals surface area contributed by atoms with Crippen LogP contribution in [0.25, 0.3) is 0 Å². The van der Waals surface area contributed by atoms with Gasteiger partial charge in [0, 0.05) is 22.4 Å². The van der Waals surface area contributed by atoms with Crippen molar-refractivity contribution in [3.05, 3.63) is 52.8 Å². The summed E-state index contributed by atoms with van der Waals surface area (Å²) in [6, 6.07) is 4.51. The zero-order valence-corrected chi connectivity index (χ0v) is 17.7. The van der Waals surface area contributed by atoms with E-state index in [0.717, 1.165) is 0 Å². The van der Waals surface area contributed by atoms with Crippen LogP contribution in [0.2, 0.25) is 5.02 Å². The maximum Gasteiger partial charge on any atom is 0.274 e. The second kappa shape index (κ2) is 7.89. The fourth-order valence-corrected chi connectivity index (χ4v) is 4.61. The van der Waals surface area contributed by atoms with E-state index in [2.05, 4.69) is 20.3 Å². The summed E-state index contributed by atoms with van der Waals surface area (Å²) in [4.78, 5) is 24.7. The summed E-state index contributed by atoms with van der Waals surface area (Å²) in [5.74, 6) is -1.48. The largest absolute Gasteiger partial charge is 0.395 e. The molecule has 1 aliphatic heterocycles. The highest BCUT2D eigenvalue weighted by atomic mass is 35.5. The number of aliphatic hydroxyl groups is 1. The van der Waals surface area contributed by atoms with Crippen molar-refractivity contribution >= 4 is 40.1 Å². The van der Waals surface area contributed by atoms with Gasteiger partial charge < -0.3 is 16.2 Å². The van der Waals surface area contributed by atoms with Gasteiger partial charge in [0.2, 0.25) is 5.95 Å². The smallest absolute Gasteiger partial charge is 0.274 e. The highest BCUT2D eigenvalue weighted by Crippen LogP contribution is 2.50. The number of hydrogen-bond donors (Lipinski definition) is 3. The second-order valence-corrected chi connectivity index (χ2v) is 9.26. The fraction of sp³-hybridized carbons (Fsp3) is 0.368. The zero-order chi connectivity index (χ0) is 21.4. The van der Waals surface area contributed by atoms with Gasteiger partial charge in [-0.25, -0.2) is 9.97 Å². The van der Waals surface area contributed by atoms with Crippen molar-refractivity contribution in [2.75, 3.05) is 11.9 Å². The first-order chi connectivity index (χ1) is 13.6. The van der Waals surface area contributed by atoms with E-state index < -0.39 is 22.1 Å². The average Bonchev–Trinajstić information content (AvgIpc) is 2.68. The van der Waals surface area contributed by atoms with E-state index in [4.69, 9.17) is 17.3 Å². The predicted octanol–water partition coefficient (Wildman–Crippen LogP) is 3.19. The number of anilines is 1. The number of carbonyl (C=O) groups is 1. The number of thioether (sulfide) groups is 1. The summed E-state index contributed by atoms with van der Waals surface area (Å²) in [5, 5.41) is 13.2. The molecule has 2 aromatic rings. The number of amidine groups is 1. The maximum atomic E-state index is 14.7. The first-order valence-corrected chi connectivity index (χ1v) is 10.0. The molecule has 154 valence electrons. The maximum absolute atomic E-state index is 14.7. The van der Waals surface area contributed by atoms with Crippen LogP contribution in [-0.2, 0) is 5.54 Å². The Morgan fingerprint density at radius 1 is 1.38 bits per heavy atom. The van der Waals surface area contributed by atoms with Gasteiger partial charge in [0.25, 0.3) is 5.91 Å². The molecule has 3 rings (SSSR count). The molecule has 1 aliphatic rings. The van der Waals surface area contributed by atoms with Crippen LogP contribution in [0.15, 0.2) is 35.6 Å². The molecule has 0 aliphatic carbocycles. The van der Waals surface area contributed by atoms with Crippen LogP contribution in [0.4, 0.5) is 10.1 Å². The molecular weight excluding hydrogens is 417 g/mol. The number of aromatic nitrogens is 2. The number of nitrogens with one attached hydrogen (secondary N) is 1. The Balaban J connectivity index is 1.97. The number of halogens is 2. The van der Waals surface area contributed by atoms with Gasteiger partial charge in [0.15, 0.2) is 5.17 Å². The van der Waals surface area contributed by atoms with E-state index in [1.54, 1.807) is 13.0 Å². The number of nitrogens with zero attached hydrogens (tertiary/aromatic N) is 3. The lowest BCUT2D eigenvalue weighted by molar-refractivity contribution is 0.102. The normalized spacial score (nSPS) is 26.7. The minimum Gasteiger partial charge on any atom is -0.395 e. The van der Waals surface area contributed by atoms with Gasteiger partial charge in [-0.1, -0.05) is 30.3 Å². The molecule has 0 unspecified atom stereocenters. The number of aliphatic imine (C=N–C) groups is 1. The molecule has 0 fully saturated rings. The monoisotopic (exact) mass is 437 g/mol. The summed E-state index contributed by atoms with van der Waals surface area (Å²) < 4.78 is 14.1. The molecule has 0 bridgehead atoms. The molecule has 2 aromatic heterocycles. The highest BCUT2D eigenvalue weighted by molar-refractivity contribution is 8.15. The van der Waals surface area contributed by atoms with Crippen LogP contribution < -0.4 is 11.1 Å². The zero-order valence-electron chi connectivity index (χ0n) is 16.1. The summed E-state index contributed by atoms with van der Waals surface area (Å²) in [7, 11) is 0. The van der Waals surface area contributed by atoms with Gasteiger partial charge in [0.05, 0.1) is 29.1 Å². The standard InChI is InChI=1S/C19H21ClFN5O2S/c1-10-18(2,9-27)29-17(22)26-19(10,3)13-6-12(8-24-15(13)21)25-16(28)14-5-4-11(20)7-23-14/h4-8,10,27H,9H2,1-3H3,(H2,22,26)(H,25,28)/t10-,18-,19+/m1/s1. The molecule has 7 nitrogen and oxygen atoms in total. The molecule has 0 saturated heterocycles. The topological polar surface area (TPSA) is 113 Å². The summed E-state index contributed by atoms with van der Waals surface area (Å²) in [6.07, 6.45) is 2.58. The van der Waals surface area contributed by atoms with Crippen molar-refractivity contribution in [1.29, 1.82) is 0 Å². The first kappa shape index (κ1) is 21.5. The van der Waals surface area contributed by atoms with Gasteiger partial charge >= 0.3 is 0 Å². The number of aliphatic hydroxyl groups excluding tert-OH is 1. The molecule has 29 heavy (non-hydrogen) atoms. The van der Waals surface area contributed by atoms with Crippen molar-refractivity contribution in [3.8, 4) is 0 Å². The Kier molecular flexibility index (Phi) is 5.84. The molecule has 3 heterocycles. The third-order valence-corrected chi connectivity index (χ3v) is 6.83. The van der Waals surface area contributed by atoms with Crippen LogP contribution in [0.5, 0.6) is 0 Å². The van der Waals surface area contributed by atoms with Gasteiger partial charge in [-0.15, -0.1) is 0 Å². The fourth-order valence-electron chi connectivity index (χ4n) is 3.31. The molecule has 0 aromatic carbocycles. The molecule has 10 heteroatoms. The van der Waals surface area contributed by atoms with Crippen LogP contribution in [0, 0.1) is 11.9 Å². The first-order valence-electron chi connectivity index (χ1n) is 8.83. The lowest BCUT2D eigenvalue weighted by atomic mass is 9.74. The minimum atomic E-state index is -1.08. The van der Waals surface area contributed by atoms with Crippen LogP contribution in [-0.4, -0.2) is 37.5 Å². The third kappa shape index (κ3) is 4.08. The molecule has 0 saturated carbocycles. The second-order valence-electron chi connectivity index (χ2n) is 7.27. The lowest BCUT2D eigenvalue weighted by Crippen LogP contribution is -2.50. The van der Waals surface area contributed by atoms with Gasteiger partial charge in [0.1, 0.15) is 5.69 Å². The van der Waals surface area contributed by atoms with Gasteiger partial charge in [-0.3, -0.25) is 9.79 Å². The number of amides is 1. The van der Waals surface area contributed by atoms with E-state index >= 15 is 0 Å². The van der Waals surface area contributed by atoms with E-state index in [0.29, 0.717) is 5.02 Å². The van der Waals surface area contributed by atoms with Crippen LogP contribution in [0.3, 0.4) is 0 Å². The molecule has 1 amide bonds. The summed E-state index contributed by atoms with van der Waals surface area (Å²) in [5.41, 5.74) is 5.53. The Morgan fingerprint density at radius 3 is 2.72 bits per heavy atom. The Hall–Kier alpha value is -2.23. The Morgan fingerprint density at radius 2 is 2.10 bits per heavy atom. The minimum absolute atomic E-state index is 0.154. The number of nitrogens with two attached hydrogens (primary N) is 1. The predicted molar refractivity (Wildman–Crippen MR) is 113 cm³/mol. The molecule has 0 radical (unpaired) electrons. The Labute approximate surface area is 177 Å². The van der Waals surface area contributed by atoms with Crippen LogP contribution in [0.1, 0.15) is 36.8 Å². The number of rotatable bonds is 4. The molecular formula is C19H21ClFN5O2S. The lowest BCUT2D eigenvalue weighted by Gasteiger charge is -2.46. The van der Waals surface area contributed by atoms with Gasteiger partial charge in [-0.2, -0.15) is 4.39 Å². The van der Waals surface area contributed by atoms with Crippen molar-refractivity contribution in [2.24, 2.45) is 16.6 Å². The van der Waals surface area contributed by atoms with E-state index in [1.807, 2.05) is 13.8 Å². The van der Waals surface area contributed by atoms with Crippen molar-refractivity contribution in [1.82, 2.24) is 9.97 Å². The molecule has 4 N–H and O–H groups in total. The van der Waals surface area contributed by atoms with E-state index in [9.17, 15) is 14.3 Å². The number of carbonyl (C=O) groups excluding carboxylic acids is 1. The molecule has 3 atom stereocenters. The van der Waals surface area contributed by atoms with Crippen LogP contribution >= 0.6 is 23.4 Å². The Bertz CT molecular complexity index is 974. The average molecular weight is 438 g/mol. The number of hydrogen-bond acceptors (Lipinski definition) is 7. The summed E-state index contributed by atoms with van der Waals surface area (Å²) in [6.45, 7) is 5.32.